The number of aliphatic hydroxyl groups excluding tert-OH is 1. The van der Waals surface area contributed by atoms with Gasteiger partial charge in [-0.05, 0) is 55.0 Å². The van der Waals surface area contributed by atoms with Crippen LogP contribution in [0.3, 0.4) is 0 Å². The van der Waals surface area contributed by atoms with Crippen molar-refractivity contribution in [1.82, 2.24) is 4.90 Å². The average molecular weight is 507 g/mol. The van der Waals surface area contributed by atoms with Gasteiger partial charge in [-0.3, -0.25) is 9.59 Å². The van der Waals surface area contributed by atoms with Crippen LogP contribution in [0.5, 0.6) is 5.75 Å². The van der Waals surface area contributed by atoms with Gasteiger partial charge in [-0.15, -0.1) is 0 Å². The molecule has 2 fully saturated rings. The topological polar surface area (TPSA) is 97.3 Å². The van der Waals surface area contributed by atoms with Crippen molar-refractivity contribution >= 4 is 17.5 Å². The van der Waals surface area contributed by atoms with Gasteiger partial charge in [0.25, 0.3) is 0 Å². The second-order valence-electron chi connectivity index (χ2n) is 10.6. The number of carbonyl (C=O) groups is 2. The Morgan fingerprint density at radius 3 is 2.70 bits per heavy atom. The Labute approximate surface area is 216 Å². The van der Waals surface area contributed by atoms with Crippen LogP contribution in [0.15, 0.2) is 42.5 Å². The summed E-state index contributed by atoms with van der Waals surface area (Å²) in [6.07, 6.45) is 2.11. The minimum atomic E-state index is -0.508. The zero-order valence-corrected chi connectivity index (χ0v) is 20.9. The van der Waals surface area contributed by atoms with Crippen molar-refractivity contribution in [2.75, 3.05) is 31.7 Å². The summed E-state index contributed by atoms with van der Waals surface area (Å²) in [4.78, 5) is 27.9. The fraction of sp³-hybridized carbons (Fsp3) is 0.517. The van der Waals surface area contributed by atoms with Gasteiger partial charge in [-0.1, -0.05) is 24.3 Å². The van der Waals surface area contributed by atoms with E-state index in [4.69, 9.17) is 14.2 Å². The van der Waals surface area contributed by atoms with Crippen molar-refractivity contribution in [3.63, 3.8) is 0 Å². The molecule has 8 nitrogen and oxygen atoms in total. The van der Waals surface area contributed by atoms with Gasteiger partial charge < -0.3 is 29.5 Å². The lowest BCUT2D eigenvalue weighted by atomic mass is 9.84. The predicted molar refractivity (Wildman–Crippen MR) is 136 cm³/mol. The van der Waals surface area contributed by atoms with E-state index in [9.17, 15) is 14.7 Å². The number of anilines is 1. The van der Waals surface area contributed by atoms with Crippen LogP contribution in [0.25, 0.3) is 0 Å². The standard InChI is InChI=1S/C29H34N2O6/c32-17-26-28-24(14-22(36-26)15-27(33)31-10-7-18-3-1-2-4-20(18)16-31)23-13-21(5-6-25(23)37-28)30-29(34)19-8-11-35-12-9-19/h1-6,13,19,22,24,26,28,32H,7-12,14-17H2,(H,30,34)/t22-,24+,26-,28-/m0/s1. The lowest BCUT2D eigenvalue weighted by molar-refractivity contribution is -0.149. The molecule has 0 saturated carbocycles. The van der Waals surface area contributed by atoms with Crippen LogP contribution in [0, 0.1) is 5.92 Å². The van der Waals surface area contributed by atoms with Crippen molar-refractivity contribution < 1.29 is 28.9 Å². The Hall–Kier alpha value is -2.94. The van der Waals surface area contributed by atoms with E-state index in [1.54, 1.807) is 0 Å². The molecule has 196 valence electrons. The number of hydrogen-bond acceptors (Lipinski definition) is 6. The zero-order valence-electron chi connectivity index (χ0n) is 20.9. The number of hydrogen-bond donors (Lipinski definition) is 2. The third-order valence-electron chi connectivity index (χ3n) is 8.24. The summed E-state index contributed by atoms with van der Waals surface area (Å²) >= 11 is 0. The van der Waals surface area contributed by atoms with Gasteiger partial charge in [-0.2, -0.15) is 0 Å². The first kappa shape index (κ1) is 24.4. The summed E-state index contributed by atoms with van der Waals surface area (Å²) < 4.78 is 17.7. The summed E-state index contributed by atoms with van der Waals surface area (Å²) in [6.45, 7) is 2.39. The van der Waals surface area contributed by atoms with Crippen LogP contribution in [-0.2, 0) is 32.0 Å². The largest absolute Gasteiger partial charge is 0.487 e. The highest BCUT2D eigenvalue weighted by Crippen LogP contribution is 2.47. The maximum atomic E-state index is 13.2. The highest BCUT2D eigenvalue weighted by molar-refractivity contribution is 5.92. The molecule has 0 spiro atoms. The number of nitrogens with zero attached hydrogens (tertiary/aromatic N) is 1. The highest BCUT2D eigenvalue weighted by Gasteiger charge is 2.46. The van der Waals surface area contributed by atoms with Gasteiger partial charge in [0.05, 0.1) is 19.1 Å². The van der Waals surface area contributed by atoms with Crippen molar-refractivity contribution in [3.05, 3.63) is 59.2 Å². The monoisotopic (exact) mass is 506 g/mol. The van der Waals surface area contributed by atoms with Crippen LogP contribution in [0.1, 0.15) is 48.3 Å². The Morgan fingerprint density at radius 2 is 1.89 bits per heavy atom. The van der Waals surface area contributed by atoms with Crippen LogP contribution >= 0.6 is 0 Å². The van der Waals surface area contributed by atoms with Gasteiger partial charge in [0.1, 0.15) is 18.0 Å². The second kappa shape index (κ2) is 10.4. The molecular formula is C29H34N2O6. The molecule has 2 amide bonds. The maximum Gasteiger partial charge on any atom is 0.227 e. The molecule has 2 aromatic carbocycles. The maximum absolute atomic E-state index is 13.2. The van der Waals surface area contributed by atoms with Crippen LogP contribution in [0.4, 0.5) is 5.69 Å². The first-order valence-electron chi connectivity index (χ1n) is 13.4. The molecule has 0 radical (unpaired) electrons. The minimum absolute atomic E-state index is 0.0132. The molecule has 2 N–H and O–H groups in total. The molecule has 4 aliphatic rings. The van der Waals surface area contributed by atoms with E-state index in [0.29, 0.717) is 32.7 Å². The van der Waals surface area contributed by atoms with Crippen LogP contribution in [-0.4, -0.2) is 66.5 Å². The number of amides is 2. The Balaban J connectivity index is 1.14. The normalized spacial score (nSPS) is 27.0. The van der Waals surface area contributed by atoms with E-state index in [0.717, 1.165) is 36.3 Å². The Bertz CT molecular complexity index is 1160. The summed E-state index contributed by atoms with van der Waals surface area (Å²) in [5.74, 6) is 0.795. The molecule has 4 aliphatic heterocycles. The number of rotatable bonds is 5. The van der Waals surface area contributed by atoms with E-state index in [1.165, 1.54) is 11.1 Å². The van der Waals surface area contributed by atoms with Crippen molar-refractivity contribution in [1.29, 1.82) is 0 Å². The van der Waals surface area contributed by atoms with E-state index in [1.807, 2.05) is 35.2 Å². The summed E-state index contributed by atoms with van der Waals surface area (Å²) in [6, 6.07) is 14.0. The fourth-order valence-electron chi connectivity index (χ4n) is 6.20. The molecule has 2 aromatic rings. The van der Waals surface area contributed by atoms with Crippen molar-refractivity contribution in [3.8, 4) is 5.75 Å². The molecule has 8 heteroatoms. The molecular weight excluding hydrogens is 472 g/mol. The molecule has 0 aromatic heterocycles. The van der Waals surface area contributed by atoms with E-state index in [-0.39, 0.29) is 48.9 Å². The molecule has 0 aliphatic carbocycles. The van der Waals surface area contributed by atoms with Gasteiger partial charge in [0.15, 0.2) is 0 Å². The number of aliphatic hydroxyl groups is 1. The lowest BCUT2D eigenvalue weighted by Crippen LogP contribution is -2.48. The number of carbonyl (C=O) groups excluding carboxylic acids is 2. The van der Waals surface area contributed by atoms with Crippen molar-refractivity contribution in [2.45, 2.75) is 62.9 Å². The minimum Gasteiger partial charge on any atom is -0.487 e. The second-order valence-corrected chi connectivity index (χ2v) is 10.6. The Kier molecular flexibility index (Phi) is 6.88. The molecule has 2 saturated heterocycles. The first-order chi connectivity index (χ1) is 18.1. The third kappa shape index (κ3) is 4.98. The van der Waals surface area contributed by atoms with E-state index in [2.05, 4.69) is 17.4 Å². The quantitative estimate of drug-likeness (QED) is 0.647. The van der Waals surface area contributed by atoms with Crippen LogP contribution in [0.2, 0.25) is 0 Å². The van der Waals surface area contributed by atoms with Gasteiger partial charge >= 0.3 is 0 Å². The molecule has 4 atom stereocenters. The van der Waals surface area contributed by atoms with E-state index < -0.39 is 6.10 Å². The number of benzene rings is 2. The zero-order chi connectivity index (χ0) is 25.4. The smallest absolute Gasteiger partial charge is 0.227 e. The third-order valence-corrected chi connectivity index (χ3v) is 8.24. The molecule has 37 heavy (non-hydrogen) atoms. The molecule has 6 rings (SSSR count). The van der Waals surface area contributed by atoms with Gasteiger partial charge in [0.2, 0.25) is 11.8 Å². The van der Waals surface area contributed by atoms with Crippen molar-refractivity contribution in [2.24, 2.45) is 5.92 Å². The number of fused-ring (bicyclic) bond motifs is 4. The lowest BCUT2D eigenvalue weighted by Gasteiger charge is -2.38. The van der Waals surface area contributed by atoms with Crippen LogP contribution < -0.4 is 10.1 Å². The first-order valence-corrected chi connectivity index (χ1v) is 13.4. The fourth-order valence-corrected chi connectivity index (χ4v) is 6.20. The summed E-state index contributed by atoms with van der Waals surface area (Å²) in [5.41, 5.74) is 4.25. The molecule has 0 unspecified atom stereocenters. The summed E-state index contributed by atoms with van der Waals surface area (Å²) in [7, 11) is 0. The van der Waals surface area contributed by atoms with Gasteiger partial charge in [-0.25, -0.2) is 0 Å². The Morgan fingerprint density at radius 1 is 1.08 bits per heavy atom. The SMILES string of the molecule is O=C(Nc1ccc2c(c1)[C@H]1C[C@@H](CC(=O)N3CCc4ccccc4C3)O[C@@H](CO)[C@H]1O2)C1CCOCC1. The average Bonchev–Trinajstić information content (AvgIpc) is 3.30. The van der Waals surface area contributed by atoms with E-state index >= 15 is 0 Å². The molecule has 0 bridgehead atoms. The molecule has 4 heterocycles. The summed E-state index contributed by atoms with van der Waals surface area (Å²) in [5, 5.41) is 13.1. The van der Waals surface area contributed by atoms with Gasteiger partial charge in [0, 0.05) is 49.4 Å². The predicted octanol–water partition coefficient (Wildman–Crippen LogP) is 3.02. The number of nitrogens with one attached hydrogen (secondary N) is 1. The highest BCUT2D eigenvalue weighted by atomic mass is 16.6. The number of ether oxygens (including phenoxy) is 3.